The molecule has 1 aromatic rings. The molecule has 0 aromatic heterocycles. The van der Waals surface area contributed by atoms with Crippen molar-refractivity contribution in [2.75, 3.05) is 32.1 Å². The van der Waals surface area contributed by atoms with Gasteiger partial charge in [-0.3, -0.25) is 9.59 Å². The van der Waals surface area contributed by atoms with Gasteiger partial charge in [-0.1, -0.05) is 6.07 Å². The Morgan fingerprint density at radius 3 is 3.00 bits per heavy atom. The number of hydrogen-bond donors (Lipinski definition) is 2. The van der Waals surface area contributed by atoms with Gasteiger partial charge in [0.2, 0.25) is 11.8 Å². The van der Waals surface area contributed by atoms with E-state index in [-0.39, 0.29) is 17.9 Å². The number of carbonyl (C=O) groups excluding carboxylic acids is 2. The minimum absolute atomic E-state index is 0.0159. The van der Waals surface area contributed by atoms with Crippen molar-refractivity contribution in [3.05, 3.63) is 24.3 Å². The highest BCUT2D eigenvalue weighted by Crippen LogP contribution is 2.25. The van der Waals surface area contributed by atoms with Gasteiger partial charge in [0.1, 0.15) is 5.75 Å². The Bertz CT molecular complexity index is 519. The molecule has 1 fully saturated rings. The number of anilines is 1. The number of carbonyl (C=O) groups is 2. The number of ether oxygens (including phenoxy) is 1. The van der Waals surface area contributed by atoms with Crippen LogP contribution in [0.2, 0.25) is 0 Å². The maximum atomic E-state index is 12.1. The quantitative estimate of drug-likeness (QED) is 0.802. The lowest BCUT2D eigenvalue weighted by atomic mass is 10.2. The summed E-state index contributed by atoms with van der Waals surface area (Å²) < 4.78 is 5.17. The van der Waals surface area contributed by atoms with Gasteiger partial charge in [-0.25, -0.2) is 0 Å². The maximum absolute atomic E-state index is 12.1. The Balaban J connectivity index is 1.97. The molecule has 0 bridgehead atoms. The van der Waals surface area contributed by atoms with Crippen LogP contribution in [0.5, 0.6) is 5.75 Å². The minimum atomic E-state index is -0.131. The van der Waals surface area contributed by atoms with Crippen LogP contribution in [0.25, 0.3) is 0 Å². The third kappa shape index (κ3) is 3.95. The van der Waals surface area contributed by atoms with Crippen LogP contribution in [0.1, 0.15) is 12.8 Å². The van der Waals surface area contributed by atoms with E-state index in [1.54, 1.807) is 19.1 Å². The number of benzene rings is 1. The van der Waals surface area contributed by atoms with Gasteiger partial charge in [-0.15, -0.1) is 0 Å². The molecule has 114 valence electrons. The largest absolute Gasteiger partial charge is 0.497 e. The van der Waals surface area contributed by atoms with Gasteiger partial charge >= 0.3 is 0 Å². The predicted molar refractivity (Wildman–Crippen MR) is 80.4 cm³/mol. The van der Waals surface area contributed by atoms with Crippen LogP contribution in [-0.2, 0) is 9.59 Å². The summed E-state index contributed by atoms with van der Waals surface area (Å²) in [6.07, 6.45) is 0.753. The average molecular weight is 291 g/mol. The SMILES string of the molecule is CNCCC(=O)NC1CC(=O)N(c2cccc(OC)c2)C1. The molecule has 2 amide bonds. The highest BCUT2D eigenvalue weighted by molar-refractivity contribution is 5.97. The van der Waals surface area contributed by atoms with Crippen molar-refractivity contribution in [3.8, 4) is 5.75 Å². The van der Waals surface area contributed by atoms with E-state index in [2.05, 4.69) is 10.6 Å². The molecule has 6 heteroatoms. The molecule has 1 atom stereocenters. The fourth-order valence-electron chi connectivity index (χ4n) is 2.37. The third-order valence-electron chi connectivity index (χ3n) is 3.46. The van der Waals surface area contributed by atoms with Gasteiger partial charge in [-0.2, -0.15) is 0 Å². The highest BCUT2D eigenvalue weighted by Gasteiger charge is 2.31. The van der Waals surface area contributed by atoms with Crippen LogP contribution in [0.15, 0.2) is 24.3 Å². The standard InChI is InChI=1S/C15H21N3O3/c1-16-7-6-14(19)17-11-8-15(20)18(10-11)12-4-3-5-13(9-12)21-2/h3-5,9,11,16H,6-8,10H2,1-2H3,(H,17,19). The van der Waals surface area contributed by atoms with Crippen molar-refractivity contribution in [1.82, 2.24) is 10.6 Å². The summed E-state index contributed by atoms with van der Waals surface area (Å²) in [5, 5.41) is 5.83. The molecular weight excluding hydrogens is 270 g/mol. The van der Waals surface area contributed by atoms with Crippen molar-refractivity contribution in [2.24, 2.45) is 0 Å². The minimum Gasteiger partial charge on any atom is -0.497 e. The molecule has 1 aliphatic rings. The molecule has 0 aliphatic carbocycles. The van der Waals surface area contributed by atoms with Crippen molar-refractivity contribution in [2.45, 2.75) is 18.9 Å². The maximum Gasteiger partial charge on any atom is 0.229 e. The van der Waals surface area contributed by atoms with Crippen LogP contribution in [0.4, 0.5) is 5.69 Å². The zero-order chi connectivity index (χ0) is 15.2. The lowest BCUT2D eigenvalue weighted by molar-refractivity contribution is -0.121. The van der Waals surface area contributed by atoms with Crippen LogP contribution in [-0.4, -0.2) is 45.1 Å². The Morgan fingerprint density at radius 1 is 1.48 bits per heavy atom. The van der Waals surface area contributed by atoms with Crippen LogP contribution >= 0.6 is 0 Å². The van der Waals surface area contributed by atoms with Crippen LogP contribution in [0, 0.1) is 0 Å². The molecule has 1 unspecified atom stereocenters. The van der Waals surface area contributed by atoms with Gasteiger partial charge in [0, 0.05) is 37.7 Å². The number of amides is 2. The fraction of sp³-hybridized carbons (Fsp3) is 0.467. The van der Waals surface area contributed by atoms with E-state index in [0.29, 0.717) is 31.7 Å². The average Bonchev–Trinajstić information content (AvgIpc) is 2.85. The first kappa shape index (κ1) is 15.3. The molecule has 21 heavy (non-hydrogen) atoms. The van der Waals surface area contributed by atoms with Crippen molar-refractivity contribution >= 4 is 17.5 Å². The van der Waals surface area contributed by atoms with Crippen molar-refractivity contribution < 1.29 is 14.3 Å². The van der Waals surface area contributed by atoms with E-state index in [1.807, 2.05) is 24.3 Å². The van der Waals surface area contributed by atoms with Gasteiger partial charge in [0.05, 0.1) is 13.2 Å². The molecule has 2 N–H and O–H groups in total. The normalized spacial score (nSPS) is 17.9. The van der Waals surface area contributed by atoms with Crippen molar-refractivity contribution in [3.63, 3.8) is 0 Å². The van der Waals surface area contributed by atoms with Gasteiger partial charge in [0.15, 0.2) is 0 Å². The predicted octanol–water partition coefficient (Wildman–Crippen LogP) is 0.526. The molecule has 1 saturated heterocycles. The first-order valence-corrected chi connectivity index (χ1v) is 7.02. The van der Waals surface area contributed by atoms with E-state index in [1.165, 1.54) is 0 Å². The molecule has 0 spiro atoms. The molecule has 1 heterocycles. The second-order valence-electron chi connectivity index (χ2n) is 5.03. The van der Waals surface area contributed by atoms with E-state index in [9.17, 15) is 9.59 Å². The molecule has 0 radical (unpaired) electrons. The number of nitrogens with zero attached hydrogens (tertiary/aromatic N) is 1. The van der Waals surface area contributed by atoms with Crippen LogP contribution < -0.4 is 20.3 Å². The molecule has 2 rings (SSSR count). The summed E-state index contributed by atoms with van der Waals surface area (Å²) in [5.74, 6) is 0.693. The summed E-state index contributed by atoms with van der Waals surface area (Å²) in [4.78, 5) is 25.5. The van der Waals surface area contributed by atoms with E-state index < -0.39 is 0 Å². The number of hydrogen-bond acceptors (Lipinski definition) is 4. The second kappa shape index (κ2) is 7.08. The number of methoxy groups -OCH3 is 1. The summed E-state index contributed by atoms with van der Waals surface area (Å²) in [6.45, 7) is 1.13. The van der Waals surface area contributed by atoms with Gasteiger partial charge in [-0.05, 0) is 19.2 Å². The summed E-state index contributed by atoms with van der Waals surface area (Å²) >= 11 is 0. The molecular formula is C15H21N3O3. The lowest BCUT2D eigenvalue weighted by Gasteiger charge is -2.18. The number of nitrogens with one attached hydrogen (secondary N) is 2. The summed E-state index contributed by atoms with van der Waals surface area (Å²) in [5.41, 5.74) is 0.798. The Morgan fingerprint density at radius 2 is 2.29 bits per heavy atom. The molecule has 1 aliphatic heterocycles. The third-order valence-corrected chi connectivity index (χ3v) is 3.46. The lowest BCUT2D eigenvalue weighted by Crippen LogP contribution is -2.38. The summed E-state index contributed by atoms with van der Waals surface area (Å²) in [6, 6.07) is 7.24. The first-order chi connectivity index (χ1) is 10.1. The monoisotopic (exact) mass is 291 g/mol. The van der Waals surface area contributed by atoms with E-state index in [0.717, 1.165) is 5.69 Å². The van der Waals surface area contributed by atoms with Gasteiger partial charge < -0.3 is 20.3 Å². The number of rotatable bonds is 6. The molecule has 1 aromatic carbocycles. The second-order valence-corrected chi connectivity index (χ2v) is 5.03. The van der Waals surface area contributed by atoms with E-state index >= 15 is 0 Å². The molecule has 6 nitrogen and oxygen atoms in total. The summed E-state index contributed by atoms with van der Waals surface area (Å²) in [7, 11) is 3.40. The topological polar surface area (TPSA) is 70.7 Å². The zero-order valence-electron chi connectivity index (χ0n) is 12.4. The Hall–Kier alpha value is -2.08. The molecule has 0 saturated carbocycles. The Labute approximate surface area is 124 Å². The van der Waals surface area contributed by atoms with Crippen molar-refractivity contribution in [1.29, 1.82) is 0 Å². The zero-order valence-corrected chi connectivity index (χ0v) is 12.4. The fourth-order valence-corrected chi connectivity index (χ4v) is 2.37. The van der Waals surface area contributed by atoms with Crippen LogP contribution in [0.3, 0.4) is 0 Å². The Kier molecular flexibility index (Phi) is 5.16. The van der Waals surface area contributed by atoms with E-state index in [4.69, 9.17) is 4.74 Å². The smallest absolute Gasteiger partial charge is 0.229 e. The highest BCUT2D eigenvalue weighted by atomic mass is 16.5. The van der Waals surface area contributed by atoms with Gasteiger partial charge in [0.25, 0.3) is 0 Å². The first-order valence-electron chi connectivity index (χ1n) is 7.02.